The molecule has 1 N–H and O–H groups in total. The summed E-state index contributed by atoms with van der Waals surface area (Å²) in [7, 11) is 0. The topological polar surface area (TPSA) is 45.5 Å². The Hall–Kier alpha value is -2.11. The highest BCUT2D eigenvalue weighted by molar-refractivity contribution is 7.80. The van der Waals surface area contributed by atoms with Gasteiger partial charge in [-0.05, 0) is 49.3 Å². The van der Waals surface area contributed by atoms with Crippen molar-refractivity contribution in [2.75, 3.05) is 0 Å². The van der Waals surface area contributed by atoms with Crippen molar-refractivity contribution >= 4 is 40.9 Å². The van der Waals surface area contributed by atoms with Gasteiger partial charge in [-0.25, -0.2) is 0 Å². The van der Waals surface area contributed by atoms with E-state index in [1.54, 1.807) is 11.0 Å². The number of thiocarbonyl (C=S) groups is 1. The number of hydrogen-bond acceptors (Lipinski definition) is 3. The third-order valence-corrected chi connectivity index (χ3v) is 5.41. The van der Waals surface area contributed by atoms with Gasteiger partial charge in [-0.2, -0.15) is 0 Å². The molecule has 2 aliphatic rings. The van der Waals surface area contributed by atoms with Gasteiger partial charge < -0.3 is 9.73 Å². The van der Waals surface area contributed by atoms with Gasteiger partial charge in [-0.1, -0.05) is 43.0 Å². The van der Waals surface area contributed by atoms with Crippen LogP contribution in [0.3, 0.4) is 0 Å². The standard InChI is InChI=1S/C20H19ClN2O2S/c21-14-6-4-5-13(11-14)18-10-9-16(25-18)12-17-19(24)23(20(26)22-17)15-7-2-1-3-8-15/h4-6,9-12,15H,1-3,7-8H2,(H,22,26)/b17-12-. The third-order valence-electron chi connectivity index (χ3n) is 4.87. The summed E-state index contributed by atoms with van der Waals surface area (Å²) in [6, 6.07) is 11.4. The fourth-order valence-electron chi connectivity index (χ4n) is 3.59. The van der Waals surface area contributed by atoms with Crippen molar-refractivity contribution in [1.82, 2.24) is 10.2 Å². The van der Waals surface area contributed by atoms with E-state index in [0.29, 0.717) is 27.4 Å². The molecule has 4 rings (SSSR count). The summed E-state index contributed by atoms with van der Waals surface area (Å²) in [5.41, 5.74) is 1.36. The van der Waals surface area contributed by atoms with E-state index in [1.165, 1.54) is 6.42 Å². The van der Waals surface area contributed by atoms with E-state index in [1.807, 2.05) is 36.4 Å². The van der Waals surface area contributed by atoms with Crippen LogP contribution in [-0.2, 0) is 4.79 Å². The average molecular weight is 387 g/mol. The molecule has 6 heteroatoms. The second-order valence-electron chi connectivity index (χ2n) is 6.67. The molecule has 2 fully saturated rings. The van der Waals surface area contributed by atoms with Crippen LogP contribution in [0, 0.1) is 0 Å². The smallest absolute Gasteiger partial charge is 0.276 e. The van der Waals surface area contributed by atoms with Gasteiger partial charge in [0.15, 0.2) is 5.11 Å². The summed E-state index contributed by atoms with van der Waals surface area (Å²) in [5, 5.41) is 4.19. The first-order chi connectivity index (χ1) is 12.6. The normalized spacial score (nSPS) is 20.0. The van der Waals surface area contributed by atoms with E-state index < -0.39 is 0 Å². The summed E-state index contributed by atoms with van der Waals surface area (Å²) < 4.78 is 5.86. The van der Waals surface area contributed by atoms with E-state index in [9.17, 15) is 4.79 Å². The van der Waals surface area contributed by atoms with Gasteiger partial charge >= 0.3 is 0 Å². The highest BCUT2D eigenvalue weighted by Gasteiger charge is 2.36. The number of halogens is 1. The summed E-state index contributed by atoms with van der Waals surface area (Å²) in [6.45, 7) is 0. The molecule has 2 aromatic rings. The molecule has 1 amide bonds. The van der Waals surface area contributed by atoms with Crippen LogP contribution < -0.4 is 5.32 Å². The maximum Gasteiger partial charge on any atom is 0.276 e. The summed E-state index contributed by atoms with van der Waals surface area (Å²) >= 11 is 11.4. The predicted octanol–water partition coefficient (Wildman–Crippen LogP) is 4.99. The van der Waals surface area contributed by atoms with Crippen LogP contribution in [-0.4, -0.2) is 22.0 Å². The van der Waals surface area contributed by atoms with Crippen molar-refractivity contribution in [3.63, 3.8) is 0 Å². The van der Waals surface area contributed by atoms with Gasteiger partial charge in [-0.3, -0.25) is 9.69 Å². The first-order valence-corrected chi connectivity index (χ1v) is 9.62. The fourth-order valence-corrected chi connectivity index (χ4v) is 4.12. The predicted molar refractivity (Wildman–Crippen MR) is 107 cm³/mol. The number of amides is 1. The molecule has 0 spiro atoms. The molecule has 1 aliphatic heterocycles. The molecular formula is C20H19ClN2O2S. The second-order valence-corrected chi connectivity index (χ2v) is 7.49. The summed E-state index contributed by atoms with van der Waals surface area (Å²) in [5.74, 6) is 1.24. The number of carbonyl (C=O) groups excluding carboxylic acids is 1. The molecule has 0 bridgehead atoms. The highest BCUT2D eigenvalue weighted by Crippen LogP contribution is 2.29. The van der Waals surface area contributed by atoms with Crippen LogP contribution in [0.5, 0.6) is 0 Å². The summed E-state index contributed by atoms with van der Waals surface area (Å²) in [6.07, 6.45) is 7.28. The number of hydrogen-bond donors (Lipinski definition) is 1. The van der Waals surface area contributed by atoms with Crippen LogP contribution in [0.15, 0.2) is 46.5 Å². The highest BCUT2D eigenvalue weighted by atomic mass is 35.5. The molecule has 0 atom stereocenters. The average Bonchev–Trinajstić information content (AvgIpc) is 3.21. The Morgan fingerprint density at radius 2 is 2.00 bits per heavy atom. The molecule has 4 nitrogen and oxygen atoms in total. The number of rotatable bonds is 3. The monoisotopic (exact) mass is 386 g/mol. The van der Waals surface area contributed by atoms with Crippen molar-refractivity contribution < 1.29 is 9.21 Å². The maximum atomic E-state index is 12.8. The molecule has 0 unspecified atom stereocenters. The van der Waals surface area contributed by atoms with Crippen molar-refractivity contribution in [3.8, 4) is 11.3 Å². The molecule has 26 heavy (non-hydrogen) atoms. The van der Waals surface area contributed by atoms with E-state index in [0.717, 1.165) is 31.2 Å². The Labute approximate surface area is 162 Å². The van der Waals surface area contributed by atoms with Crippen LogP contribution in [0.1, 0.15) is 37.9 Å². The minimum Gasteiger partial charge on any atom is -0.457 e. The van der Waals surface area contributed by atoms with Crippen molar-refractivity contribution in [2.45, 2.75) is 38.1 Å². The van der Waals surface area contributed by atoms with Crippen LogP contribution in [0.4, 0.5) is 0 Å². The van der Waals surface area contributed by atoms with Crippen LogP contribution in [0.25, 0.3) is 17.4 Å². The Morgan fingerprint density at radius 1 is 1.19 bits per heavy atom. The molecule has 0 radical (unpaired) electrons. The van der Waals surface area contributed by atoms with Crippen molar-refractivity contribution in [3.05, 3.63) is 52.9 Å². The lowest BCUT2D eigenvalue weighted by Crippen LogP contribution is -2.41. The number of nitrogens with zero attached hydrogens (tertiary/aromatic N) is 1. The molecule has 1 aromatic carbocycles. The SMILES string of the molecule is O=C1/C(=C/c2ccc(-c3cccc(Cl)c3)o2)NC(=S)N1C1CCCCC1. The number of benzene rings is 1. The van der Waals surface area contributed by atoms with Crippen LogP contribution in [0.2, 0.25) is 5.02 Å². The number of carbonyl (C=O) groups is 1. The summed E-state index contributed by atoms with van der Waals surface area (Å²) in [4.78, 5) is 14.5. The Bertz CT molecular complexity index is 883. The van der Waals surface area contributed by atoms with Gasteiger partial charge in [0.1, 0.15) is 17.2 Å². The molecule has 134 valence electrons. The molecule has 2 heterocycles. The van der Waals surface area contributed by atoms with E-state index >= 15 is 0 Å². The number of nitrogens with one attached hydrogen (secondary N) is 1. The van der Waals surface area contributed by atoms with Gasteiger partial charge in [0.2, 0.25) is 0 Å². The van der Waals surface area contributed by atoms with Gasteiger partial charge in [0.05, 0.1) is 0 Å². The maximum absolute atomic E-state index is 12.8. The lowest BCUT2D eigenvalue weighted by atomic mass is 9.94. The molecule has 1 saturated carbocycles. The largest absolute Gasteiger partial charge is 0.457 e. The van der Waals surface area contributed by atoms with Crippen molar-refractivity contribution in [1.29, 1.82) is 0 Å². The Kier molecular flexibility index (Phi) is 4.83. The molecule has 1 saturated heterocycles. The lowest BCUT2D eigenvalue weighted by Gasteiger charge is -2.29. The Balaban J connectivity index is 1.55. The van der Waals surface area contributed by atoms with Crippen LogP contribution >= 0.6 is 23.8 Å². The first kappa shape index (κ1) is 17.3. The fraction of sp³-hybridized carbons (Fsp3) is 0.300. The third kappa shape index (κ3) is 3.41. The first-order valence-electron chi connectivity index (χ1n) is 8.84. The minimum atomic E-state index is -0.0670. The van der Waals surface area contributed by atoms with Gasteiger partial charge in [-0.15, -0.1) is 0 Å². The van der Waals surface area contributed by atoms with E-state index in [4.69, 9.17) is 28.2 Å². The quantitative estimate of drug-likeness (QED) is 0.596. The molecule has 1 aliphatic carbocycles. The van der Waals surface area contributed by atoms with E-state index in [2.05, 4.69) is 5.32 Å². The lowest BCUT2D eigenvalue weighted by molar-refractivity contribution is -0.124. The minimum absolute atomic E-state index is 0.0670. The van der Waals surface area contributed by atoms with Gasteiger partial charge in [0, 0.05) is 22.7 Å². The van der Waals surface area contributed by atoms with Gasteiger partial charge in [0.25, 0.3) is 5.91 Å². The molecular weight excluding hydrogens is 368 g/mol. The van der Waals surface area contributed by atoms with Crippen molar-refractivity contribution in [2.24, 2.45) is 0 Å². The van der Waals surface area contributed by atoms with E-state index in [-0.39, 0.29) is 11.9 Å². The molecule has 1 aromatic heterocycles. The second kappa shape index (κ2) is 7.25. The Morgan fingerprint density at radius 3 is 2.77 bits per heavy atom. The zero-order valence-electron chi connectivity index (χ0n) is 14.2. The zero-order valence-corrected chi connectivity index (χ0v) is 15.8. The number of furan rings is 1. The zero-order chi connectivity index (χ0) is 18.1.